The summed E-state index contributed by atoms with van der Waals surface area (Å²) in [5.41, 5.74) is 7.63. The molecule has 0 aliphatic carbocycles. The number of ether oxygens (including phenoxy) is 1. The molecule has 112 valence electrons. The van der Waals surface area contributed by atoms with Gasteiger partial charge in [-0.25, -0.2) is 0 Å². The number of nitrogens with two attached hydrogens (primary N) is 1. The molecule has 4 heteroatoms. The highest BCUT2D eigenvalue weighted by Crippen LogP contribution is 2.33. The highest BCUT2D eigenvalue weighted by molar-refractivity contribution is 5.85. The molecule has 4 nitrogen and oxygen atoms in total. The van der Waals surface area contributed by atoms with Crippen molar-refractivity contribution in [2.75, 3.05) is 26.3 Å². The van der Waals surface area contributed by atoms with Gasteiger partial charge in [-0.1, -0.05) is 24.3 Å². The van der Waals surface area contributed by atoms with Crippen LogP contribution in [0.1, 0.15) is 25.5 Å². The van der Waals surface area contributed by atoms with Crippen LogP contribution in [0.5, 0.6) is 0 Å². The molecule has 1 aromatic carbocycles. The summed E-state index contributed by atoms with van der Waals surface area (Å²) in [6.07, 6.45) is 3.81. The molecular formula is C17H23N3O. The third kappa shape index (κ3) is 2.67. The standard InChI is InChI=1S/C17H23N3O/c1-17(2,20-7-9-21-10-8-20)16(18)15-12-19-11-13-5-3-4-6-14(13)15/h3-6,11-12,16H,7-10,18H2,1-2H3. The Morgan fingerprint density at radius 1 is 1.19 bits per heavy atom. The van der Waals surface area contributed by atoms with Crippen LogP contribution >= 0.6 is 0 Å². The summed E-state index contributed by atoms with van der Waals surface area (Å²) in [5, 5.41) is 2.34. The van der Waals surface area contributed by atoms with Crippen LogP contribution in [0.3, 0.4) is 0 Å². The lowest BCUT2D eigenvalue weighted by molar-refractivity contribution is -0.0189. The largest absolute Gasteiger partial charge is 0.379 e. The zero-order valence-electron chi connectivity index (χ0n) is 12.7. The molecule has 1 saturated heterocycles. The molecule has 0 saturated carbocycles. The molecule has 1 aliphatic rings. The van der Waals surface area contributed by atoms with Crippen molar-refractivity contribution in [2.24, 2.45) is 5.73 Å². The number of hydrogen-bond acceptors (Lipinski definition) is 4. The maximum Gasteiger partial charge on any atom is 0.0594 e. The van der Waals surface area contributed by atoms with E-state index in [9.17, 15) is 0 Å². The Hall–Kier alpha value is -1.49. The van der Waals surface area contributed by atoms with Crippen LogP contribution in [0.15, 0.2) is 36.7 Å². The van der Waals surface area contributed by atoms with Crippen LogP contribution in [0.25, 0.3) is 10.8 Å². The van der Waals surface area contributed by atoms with Crippen molar-refractivity contribution < 1.29 is 4.74 Å². The Labute approximate surface area is 125 Å². The minimum absolute atomic E-state index is 0.0887. The number of rotatable bonds is 3. The maximum absolute atomic E-state index is 6.65. The van der Waals surface area contributed by atoms with E-state index in [1.54, 1.807) is 0 Å². The molecule has 0 amide bonds. The second-order valence-corrected chi connectivity index (χ2v) is 6.18. The molecule has 0 bridgehead atoms. The lowest BCUT2D eigenvalue weighted by atomic mass is 9.86. The van der Waals surface area contributed by atoms with Crippen molar-refractivity contribution in [3.63, 3.8) is 0 Å². The van der Waals surface area contributed by atoms with Crippen LogP contribution in [-0.4, -0.2) is 41.7 Å². The van der Waals surface area contributed by atoms with E-state index < -0.39 is 0 Å². The predicted molar refractivity (Wildman–Crippen MR) is 85.1 cm³/mol. The molecule has 3 rings (SSSR count). The number of pyridine rings is 1. The van der Waals surface area contributed by atoms with Gasteiger partial charge in [0.05, 0.1) is 13.2 Å². The quantitative estimate of drug-likeness (QED) is 0.940. The smallest absolute Gasteiger partial charge is 0.0594 e. The van der Waals surface area contributed by atoms with E-state index in [1.165, 1.54) is 5.39 Å². The zero-order valence-corrected chi connectivity index (χ0v) is 12.7. The third-order valence-electron chi connectivity index (χ3n) is 4.62. The number of nitrogens with zero attached hydrogens (tertiary/aromatic N) is 2. The maximum atomic E-state index is 6.65. The van der Waals surface area contributed by atoms with E-state index in [1.807, 2.05) is 18.5 Å². The van der Waals surface area contributed by atoms with Gasteiger partial charge >= 0.3 is 0 Å². The monoisotopic (exact) mass is 285 g/mol. The minimum Gasteiger partial charge on any atom is -0.379 e. The van der Waals surface area contributed by atoms with E-state index in [4.69, 9.17) is 10.5 Å². The number of fused-ring (bicyclic) bond motifs is 1. The number of aromatic nitrogens is 1. The molecule has 21 heavy (non-hydrogen) atoms. The minimum atomic E-state index is -0.129. The van der Waals surface area contributed by atoms with Gasteiger partial charge in [-0.3, -0.25) is 9.88 Å². The summed E-state index contributed by atoms with van der Waals surface area (Å²) >= 11 is 0. The SMILES string of the molecule is CC(C)(C(N)c1cncc2ccccc12)N1CCOCC1. The number of morpholine rings is 1. The van der Waals surface area contributed by atoms with Gasteiger partial charge in [0.25, 0.3) is 0 Å². The van der Waals surface area contributed by atoms with Crippen LogP contribution in [0, 0.1) is 0 Å². The Kier molecular flexibility index (Phi) is 3.93. The lowest BCUT2D eigenvalue weighted by Crippen LogP contribution is -2.55. The van der Waals surface area contributed by atoms with E-state index in [0.717, 1.165) is 37.3 Å². The van der Waals surface area contributed by atoms with Gasteiger partial charge in [-0.2, -0.15) is 0 Å². The van der Waals surface area contributed by atoms with E-state index >= 15 is 0 Å². The van der Waals surface area contributed by atoms with Gasteiger partial charge in [0.1, 0.15) is 0 Å². The molecule has 2 aromatic rings. The van der Waals surface area contributed by atoms with Gasteiger partial charge in [0.15, 0.2) is 0 Å². The Morgan fingerprint density at radius 3 is 2.67 bits per heavy atom. The average Bonchev–Trinajstić information content (AvgIpc) is 2.54. The fourth-order valence-corrected chi connectivity index (χ4v) is 3.10. The highest BCUT2D eigenvalue weighted by atomic mass is 16.5. The Morgan fingerprint density at radius 2 is 1.90 bits per heavy atom. The summed E-state index contributed by atoms with van der Waals surface area (Å²) in [4.78, 5) is 6.79. The van der Waals surface area contributed by atoms with Crippen molar-refractivity contribution in [1.82, 2.24) is 9.88 Å². The van der Waals surface area contributed by atoms with Crippen molar-refractivity contribution >= 4 is 10.8 Å². The molecule has 1 atom stereocenters. The molecular weight excluding hydrogens is 262 g/mol. The van der Waals surface area contributed by atoms with Crippen LogP contribution in [0.4, 0.5) is 0 Å². The first kappa shape index (κ1) is 14.4. The first-order valence-corrected chi connectivity index (χ1v) is 7.52. The summed E-state index contributed by atoms with van der Waals surface area (Å²) in [6.45, 7) is 7.85. The average molecular weight is 285 g/mol. The van der Waals surface area contributed by atoms with E-state index in [0.29, 0.717) is 0 Å². The Balaban J connectivity index is 1.97. The second kappa shape index (κ2) is 5.72. The predicted octanol–water partition coefficient (Wildman–Crippen LogP) is 2.35. The van der Waals surface area contributed by atoms with E-state index in [2.05, 4.69) is 41.9 Å². The van der Waals surface area contributed by atoms with Gasteiger partial charge in [-0.05, 0) is 24.8 Å². The van der Waals surface area contributed by atoms with Crippen LogP contribution < -0.4 is 5.73 Å². The number of benzene rings is 1. The molecule has 0 radical (unpaired) electrons. The molecule has 2 N–H and O–H groups in total. The van der Waals surface area contributed by atoms with Gasteiger partial charge in [0, 0.05) is 42.5 Å². The fourth-order valence-electron chi connectivity index (χ4n) is 3.10. The van der Waals surface area contributed by atoms with Gasteiger partial charge in [0.2, 0.25) is 0 Å². The molecule has 2 heterocycles. The molecule has 1 fully saturated rings. The second-order valence-electron chi connectivity index (χ2n) is 6.18. The van der Waals surface area contributed by atoms with Crippen molar-refractivity contribution in [2.45, 2.75) is 25.4 Å². The number of hydrogen-bond donors (Lipinski definition) is 1. The summed E-state index contributed by atoms with van der Waals surface area (Å²) < 4.78 is 5.46. The van der Waals surface area contributed by atoms with E-state index in [-0.39, 0.29) is 11.6 Å². The van der Waals surface area contributed by atoms with Crippen molar-refractivity contribution in [3.05, 3.63) is 42.2 Å². The zero-order chi connectivity index (χ0) is 14.9. The van der Waals surface area contributed by atoms with Gasteiger partial charge in [-0.15, -0.1) is 0 Å². The Bertz CT molecular complexity index is 615. The highest BCUT2D eigenvalue weighted by Gasteiger charge is 2.35. The lowest BCUT2D eigenvalue weighted by Gasteiger charge is -2.44. The molecule has 1 aromatic heterocycles. The molecule has 1 unspecified atom stereocenters. The van der Waals surface area contributed by atoms with Crippen molar-refractivity contribution in [1.29, 1.82) is 0 Å². The van der Waals surface area contributed by atoms with Gasteiger partial charge < -0.3 is 10.5 Å². The summed E-state index contributed by atoms with van der Waals surface area (Å²) in [6, 6.07) is 8.21. The summed E-state index contributed by atoms with van der Waals surface area (Å²) in [5.74, 6) is 0. The summed E-state index contributed by atoms with van der Waals surface area (Å²) in [7, 11) is 0. The third-order valence-corrected chi connectivity index (χ3v) is 4.62. The first-order valence-electron chi connectivity index (χ1n) is 7.52. The van der Waals surface area contributed by atoms with Crippen LogP contribution in [-0.2, 0) is 4.74 Å². The first-order chi connectivity index (χ1) is 10.1. The van der Waals surface area contributed by atoms with Crippen molar-refractivity contribution in [3.8, 4) is 0 Å². The fraction of sp³-hybridized carbons (Fsp3) is 0.471. The molecule has 1 aliphatic heterocycles. The topological polar surface area (TPSA) is 51.4 Å². The molecule has 0 spiro atoms. The van der Waals surface area contributed by atoms with Crippen LogP contribution in [0.2, 0.25) is 0 Å². The normalized spacial score (nSPS) is 18.8.